The van der Waals surface area contributed by atoms with Crippen LogP contribution >= 0.6 is 0 Å². The Morgan fingerprint density at radius 2 is 2.60 bits per heavy atom. The molecule has 0 atom stereocenters. The molecular formula is C3H4As2. The SMILES string of the molecule is C1=[As]C=[As]C1. The molecule has 1 aliphatic heterocycles. The van der Waals surface area contributed by atoms with Crippen LogP contribution in [0.25, 0.3) is 0 Å². The van der Waals surface area contributed by atoms with Gasteiger partial charge in [0.05, 0.1) is 0 Å². The molecule has 0 aromatic carbocycles. The van der Waals surface area contributed by atoms with Crippen molar-refractivity contribution in [2.75, 3.05) is 0 Å². The van der Waals surface area contributed by atoms with E-state index in [0.717, 1.165) is 0 Å². The standard InChI is InChI=1S/C3H4As2/c1-2-5-3-4-1/h1,3H,2H2. The van der Waals surface area contributed by atoms with E-state index in [9.17, 15) is 0 Å². The van der Waals surface area contributed by atoms with Gasteiger partial charge in [-0.2, -0.15) is 0 Å². The summed E-state index contributed by atoms with van der Waals surface area (Å²) >= 11 is 1.36. The van der Waals surface area contributed by atoms with E-state index in [-0.39, 0.29) is 0 Å². The van der Waals surface area contributed by atoms with Crippen molar-refractivity contribution in [1.82, 2.24) is 0 Å². The van der Waals surface area contributed by atoms with Crippen molar-refractivity contribution in [3.05, 3.63) is 0 Å². The predicted molar refractivity (Wildman–Crippen MR) is 28.4 cm³/mol. The third kappa shape index (κ3) is 1.16. The molecule has 1 aliphatic rings. The van der Waals surface area contributed by atoms with E-state index >= 15 is 0 Å². The van der Waals surface area contributed by atoms with E-state index in [1.54, 1.807) is 0 Å². The van der Waals surface area contributed by atoms with Gasteiger partial charge < -0.3 is 0 Å². The van der Waals surface area contributed by atoms with E-state index in [0.29, 0.717) is 30.6 Å². The van der Waals surface area contributed by atoms with Gasteiger partial charge in [-0.3, -0.25) is 0 Å². The zero-order valence-electron chi connectivity index (χ0n) is 2.76. The number of hydrogen-bond donors (Lipinski definition) is 0. The van der Waals surface area contributed by atoms with Crippen LogP contribution in [0.3, 0.4) is 0 Å². The van der Waals surface area contributed by atoms with Crippen LogP contribution in [-0.4, -0.2) is 39.0 Å². The Kier molecular flexibility index (Phi) is 1.70. The average molecular weight is 190 g/mol. The van der Waals surface area contributed by atoms with Crippen molar-refractivity contribution < 1.29 is 0 Å². The first kappa shape index (κ1) is 4.03. The molecule has 26 valence electrons. The Morgan fingerprint density at radius 1 is 1.60 bits per heavy atom. The fourth-order valence-corrected chi connectivity index (χ4v) is 6.36. The van der Waals surface area contributed by atoms with Gasteiger partial charge in [-0.15, -0.1) is 0 Å². The fourth-order valence-electron chi connectivity index (χ4n) is 0.236. The average Bonchev–Trinajstić information content (AvgIpc) is 1.76. The van der Waals surface area contributed by atoms with Crippen LogP contribution in [0.4, 0.5) is 0 Å². The molecule has 0 saturated carbocycles. The second-order valence-corrected chi connectivity index (χ2v) is 6.74. The van der Waals surface area contributed by atoms with E-state index in [2.05, 4.69) is 8.40 Å². The van der Waals surface area contributed by atoms with E-state index in [1.165, 1.54) is 5.21 Å². The molecule has 0 bridgehead atoms. The molecule has 0 fully saturated rings. The van der Waals surface area contributed by atoms with Crippen molar-refractivity contribution in [2.45, 2.75) is 5.21 Å². The summed E-state index contributed by atoms with van der Waals surface area (Å²) in [6.07, 6.45) is 0. The fraction of sp³-hybridized carbons (Fsp3) is 0.333. The van der Waals surface area contributed by atoms with Crippen molar-refractivity contribution in [3.8, 4) is 0 Å². The molecule has 0 aromatic heterocycles. The van der Waals surface area contributed by atoms with Crippen molar-refractivity contribution in [2.24, 2.45) is 0 Å². The van der Waals surface area contributed by atoms with Crippen molar-refractivity contribution >= 4 is 39.0 Å². The molecule has 1 heterocycles. The van der Waals surface area contributed by atoms with Crippen molar-refractivity contribution in [3.63, 3.8) is 0 Å². The Hall–Kier alpha value is 0.857. The maximum absolute atomic E-state index is 2.49. The van der Waals surface area contributed by atoms with Crippen LogP contribution < -0.4 is 0 Å². The first-order chi connectivity index (χ1) is 2.50. The van der Waals surface area contributed by atoms with Gasteiger partial charge >= 0.3 is 44.2 Å². The summed E-state index contributed by atoms with van der Waals surface area (Å²) in [6, 6.07) is 0. The topological polar surface area (TPSA) is 0 Å². The van der Waals surface area contributed by atoms with Gasteiger partial charge in [0.2, 0.25) is 0 Å². The summed E-state index contributed by atoms with van der Waals surface area (Å²) in [7, 11) is 0. The predicted octanol–water partition coefficient (Wildman–Crippen LogP) is -0.611. The van der Waals surface area contributed by atoms with Crippen LogP contribution in [0.15, 0.2) is 0 Å². The molecule has 5 heavy (non-hydrogen) atoms. The number of hydrogen-bond acceptors (Lipinski definition) is 0. The van der Waals surface area contributed by atoms with E-state index in [1.807, 2.05) is 0 Å². The molecule has 2 heteroatoms. The summed E-state index contributed by atoms with van der Waals surface area (Å²) in [6.45, 7) is 0. The van der Waals surface area contributed by atoms with Crippen molar-refractivity contribution in [1.29, 1.82) is 0 Å². The minimum absolute atomic E-state index is 0.646. The first-order valence-corrected chi connectivity index (χ1v) is 6.08. The summed E-state index contributed by atoms with van der Waals surface area (Å²) in [5.41, 5.74) is 0. The second kappa shape index (κ2) is 2.11. The molecular weight excluding hydrogens is 186 g/mol. The molecule has 0 nitrogen and oxygen atoms in total. The quantitative estimate of drug-likeness (QED) is 0.447. The zero-order chi connectivity index (χ0) is 3.54. The molecule has 0 unspecified atom stereocenters. The zero-order valence-corrected chi connectivity index (χ0v) is 6.51. The van der Waals surface area contributed by atoms with Gasteiger partial charge in [0.1, 0.15) is 0 Å². The van der Waals surface area contributed by atoms with E-state index < -0.39 is 0 Å². The molecule has 0 spiro atoms. The molecule has 0 N–H and O–H groups in total. The Morgan fingerprint density at radius 3 is 2.80 bits per heavy atom. The van der Waals surface area contributed by atoms with Gasteiger partial charge in [0.15, 0.2) is 0 Å². The molecule has 0 aromatic rings. The van der Waals surface area contributed by atoms with Gasteiger partial charge in [0, 0.05) is 0 Å². The van der Waals surface area contributed by atoms with Gasteiger partial charge in [0.25, 0.3) is 0 Å². The monoisotopic (exact) mass is 190 g/mol. The maximum atomic E-state index is 2.49. The third-order valence-electron chi connectivity index (χ3n) is 0.441. The minimum atomic E-state index is 0.646. The molecule has 0 radical (unpaired) electrons. The van der Waals surface area contributed by atoms with Crippen LogP contribution in [0.1, 0.15) is 0 Å². The molecule has 0 saturated heterocycles. The van der Waals surface area contributed by atoms with Crippen LogP contribution in [-0.2, 0) is 0 Å². The summed E-state index contributed by atoms with van der Waals surface area (Å²) in [4.78, 5) is 2.44. The Balaban J connectivity index is 2.61. The van der Waals surface area contributed by atoms with Gasteiger partial charge in [-0.1, -0.05) is 0 Å². The second-order valence-electron chi connectivity index (χ2n) is 0.812. The first-order valence-electron chi connectivity index (χ1n) is 1.50. The molecule has 0 amide bonds. The Labute approximate surface area is 44.4 Å². The molecule has 1 rings (SSSR count). The summed E-state index contributed by atoms with van der Waals surface area (Å²) in [5.74, 6) is 0. The van der Waals surface area contributed by atoms with Gasteiger partial charge in [-0.25, -0.2) is 0 Å². The third-order valence-corrected chi connectivity index (χ3v) is 7.30. The molecule has 0 aliphatic carbocycles. The van der Waals surface area contributed by atoms with Crippen LogP contribution in [0, 0.1) is 0 Å². The normalized spacial score (nSPS) is 24.0. The van der Waals surface area contributed by atoms with Crippen LogP contribution in [0.2, 0.25) is 5.21 Å². The number of rotatable bonds is 0. The Bertz CT molecular complexity index is 63.0. The summed E-state index contributed by atoms with van der Waals surface area (Å²) < 4.78 is 2.49. The van der Waals surface area contributed by atoms with Crippen LogP contribution in [0.5, 0.6) is 0 Å². The van der Waals surface area contributed by atoms with Gasteiger partial charge in [-0.05, 0) is 0 Å². The summed E-state index contributed by atoms with van der Waals surface area (Å²) in [5, 5.41) is 1.45. The van der Waals surface area contributed by atoms with E-state index in [4.69, 9.17) is 0 Å².